The van der Waals surface area contributed by atoms with Crippen LogP contribution in [-0.4, -0.2) is 40.2 Å². The number of likely N-dealkylation sites (tertiary alicyclic amines) is 1. The average Bonchev–Trinajstić information content (AvgIpc) is 3.29. The molecule has 3 rings (SSSR count). The highest BCUT2D eigenvalue weighted by atomic mass is 35.5. The fraction of sp³-hybridized carbons (Fsp3) is 0.857. The van der Waals surface area contributed by atoms with Gasteiger partial charge in [-0.3, -0.25) is 9.59 Å². The molecule has 0 aromatic rings. The van der Waals surface area contributed by atoms with Gasteiger partial charge in [0, 0.05) is 19.1 Å². The maximum atomic E-state index is 12.5. The Labute approximate surface area is 129 Å². The van der Waals surface area contributed by atoms with Crippen LogP contribution in [0.3, 0.4) is 0 Å². The first-order valence-corrected chi connectivity index (χ1v) is 8.07. The largest absolute Gasteiger partial charge is 0.353 e. The lowest BCUT2D eigenvalue weighted by atomic mass is 9.95. The van der Waals surface area contributed by atoms with Gasteiger partial charge in [-0.25, -0.2) is 0 Å². The van der Waals surface area contributed by atoms with E-state index >= 15 is 0 Å². The van der Waals surface area contributed by atoms with Crippen LogP contribution in [0.15, 0.2) is 0 Å². The van der Waals surface area contributed by atoms with Gasteiger partial charge in [0.2, 0.25) is 11.8 Å². The number of carbonyl (C=O) groups is 2. The summed E-state index contributed by atoms with van der Waals surface area (Å²) >= 11 is 12.2. The molecule has 3 aliphatic rings. The zero-order valence-electron chi connectivity index (χ0n) is 11.6. The third-order valence-corrected chi connectivity index (χ3v) is 5.83. The van der Waals surface area contributed by atoms with Crippen molar-refractivity contribution in [1.29, 1.82) is 0 Å². The summed E-state index contributed by atoms with van der Waals surface area (Å²) in [6, 6.07) is 0.368. The van der Waals surface area contributed by atoms with Crippen LogP contribution in [-0.2, 0) is 9.59 Å². The van der Waals surface area contributed by atoms with Gasteiger partial charge in [0.15, 0.2) is 0 Å². The summed E-state index contributed by atoms with van der Waals surface area (Å²) in [4.78, 5) is 26.4. The average molecular weight is 319 g/mol. The summed E-state index contributed by atoms with van der Waals surface area (Å²) in [7, 11) is 0. The van der Waals surface area contributed by atoms with Crippen molar-refractivity contribution < 1.29 is 9.59 Å². The van der Waals surface area contributed by atoms with Crippen LogP contribution in [0.2, 0.25) is 0 Å². The predicted molar refractivity (Wildman–Crippen MR) is 77.6 cm³/mol. The number of hydrogen-bond donors (Lipinski definition) is 1. The Hall–Kier alpha value is -0.480. The molecule has 0 spiro atoms. The molecule has 112 valence electrons. The van der Waals surface area contributed by atoms with Crippen molar-refractivity contribution in [2.75, 3.05) is 13.1 Å². The first-order chi connectivity index (χ1) is 9.33. The highest BCUT2D eigenvalue weighted by molar-refractivity contribution is 6.53. The molecule has 3 fully saturated rings. The number of carbonyl (C=O) groups excluding carboxylic acids is 2. The molecule has 1 aliphatic heterocycles. The number of amides is 2. The lowest BCUT2D eigenvalue weighted by Crippen LogP contribution is -2.48. The lowest BCUT2D eigenvalue weighted by molar-refractivity contribution is -0.140. The summed E-state index contributed by atoms with van der Waals surface area (Å²) in [6.45, 7) is 3.01. The van der Waals surface area contributed by atoms with Crippen molar-refractivity contribution in [3.05, 3.63) is 0 Å². The first kappa shape index (κ1) is 14.5. The minimum absolute atomic E-state index is 0.00794. The highest BCUT2D eigenvalue weighted by Gasteiger charge is 2.68. The van der Waals surface area contributed by atoms with Gasteiger partial charge in [-0.15, -0.1) is 23.2 Å². The van der Waals surface area contributed by atoms with E-state index < -0.39 is 9.75 Å². The number of hydrogen-bond acceptors (Lipinski definition) is 2. The third kappa shape index (κ3) is 2.52. The Morgan fingerprint density at radius 1 is 1.25 bits per heavy atom. The fourth-order valence-electron chi connectivity index (χ4n) is 2.90. The Morgan fingerprint density at radius 2 is 1.90 bits per heavy atom. The Morgan fingerprint density at radius 3 is 2.45 bits per heavy atom. The van der Waals surface area contributed by atoms with Gasteiger partial charge >= 0.3 is 0 Å². The van der Waals surface area contributed by atoms with Crippen LogP contribution in [0, 0.1) is 11.3 Å². The molecule has 0 radical (unpaired) electrons. The monoisotopic (exact) mass is 318 g/mol. The zero-order chi connectivity index (χ0) is 14.5. The predicted octanol–water partition coefficient (Wildman–Crippen LogP) is 2.09. The van der Waals surface area contributed by atoms with E-state index in [9.17, 15) is 9.59 Å². The van der Waals surface area contributed by atoms with Gasteiger partial charge in [0.05, 0.1) is 11.3 Å². The molecule has 1 heterocycles. The summed E-state index contributed by atoms with van der Waals surface area (Å²) < 4.78 is -0.937. The van der Waals surface area contributed by atoms with Crippen LogP contribution in [0.5, 0.6) is 0 Å². The molecule has 2 atom stereocenters. The molecule has 1 saturated heterocycles. The fourth-order valence-corrected chi connectivity index (χ4v) is 3.60. The second kappa shape index (κ2) is 4.77. The maximum absolute atomic E-state index is 12.5. The molecule has 1 N–H and O–H groups in total. The Kier molecular flexibility index (Phi) is 3.45. The zero-order valence-corrected chi connectivity index (χ0v) is 13.1. The van der Waals surface area contributed by atoms with E-state index in [0.717, 1.165) is 25.7 Å². The van der Waals surface area contributed by atoms with E-state index in [1.807, 2.05) is 6.92 Å². The number of rotatable bonds is 3. The van der Waals surface area contributed by atoms with Crippen LogP contribution < -0.4 is 5.32 Å². The normalized spacial score (nSPS) is 35.5. The number of alkyl halides is 2. The van der Waals surface area contributed by atoms with Gasteiger partial charge in [-0.1, -0.05) is 0 Å². The highest BCUT2D eigenvalue weighted by Crippen LogP contribution is 2.64. The van der Waals surface area contributed by atoms with Crippen LogP contribution >= 0.6 is 23.2 Å². The molecule has 6 heteroatoms. The number of halogens is 2. The van der Waals surface area contributed by atoms with Gasteiger partial charge in [0.1, 0.15) is 4.33 Å². The minimum Gasteiger partial charge on any atom is -0.353 e. The van der Waals surface area contributed by atoms with Crippen LogP contribution in [0.1, 0.15) is 39.0 Å². The molecule has 0 unspecified atom stereocenters. The number of nitrogens with zero attached hydrogens (tertiary/aromatic N) is 1. The minimum atomic E-state index is -0.937. The van der Waals surface area contributed by atoms with Crippen molar-refractivity contribution >= 4 is 35.0 Å². The summed E-state index contributed by atoms with van der Waals surface area (Å²) in [6.07, 6.45) is 4.38. The van der Waals surface area contributed by atoms with Crippen LogP contribution in [0.4, 0.5) is 0 Å². The maximum Gasteiger partial charge on any atom is 0.231 e. The first-order valence-electron chi connectivity index (χ1n) is 7.31. The SMILES string of the molecule is C[C@]1(C(=O)N2CCC[C@@H](C(=O)NC3CC3)C2)CC1(Cl)Cl. The van der Waals surface area contributed by atoms with Crippen molar-refractivity contribution in [1.82, 2.24) is 10.2 Å². The summed E-state index contributed by atoms with van der Waals surface area (Å²) in [5.41, 5.74) is -0.676. The second-order valence-corrected chi connectivity index (χ2v) is 8.07. The van der Waals surface area contributed by atoms with Crippen LogP contribution in [0.25, 0.3) is 0 Å². The quantitative estimate of drug-likeness (QED) is 0.810. The molecule has 2 saturated carbocycles. The van der Waals surface area contributed by atoms with Gasteiger partial charge in [-0.2, -0.15) is 0 Å². The molecule has 0 aromatic heterocycles. The smallest absolute Gasteiger partial charge is 0.231 e. The molecule has 20 heavy (non-hydrogen) atoms. The topological polar surface area (TPSA) is 49.4 Å². The molecule has 2 amide bonds. The molecular formula is C14H20Cl2N2O2. The van der Waals surface area contributed by atoms with E-state index in [1.54, 1.807) is 4.90 Å². The third-order valence-electron chi connectivity index (χ3n) is 4.73. The Balaban J connectivity index is 1.60. The van der Waals surface area contributed by atoms with E-state index in [-0.39, 0.29) is 17.7 Å². The van der Waals surface area contributed by atoms with Crippen molar-refractivity contribution in [3.63, 3.8) is 0 Å². The van der Waals surface area contributed by atoms with E-state index in [0.29, 0.717) is 25.6 Å². The van der Waals surface area contributed by atoms with Crippen molar-refractivity contribution in [2.24, 2.45) is 11.3 Å². The van der Waals surface area contributed by atoms with E-state index in [2.05, 4.69) is 5.32 Å². The standard InChI is InChI=1S/C14H20Cl2N2O2/c1-13(8-14(13,15)16)12(20)18-6-2-3-9(7-18)11(19)17-10-4-5-10/h9-10H,2-8H2,1H3,(H,17,19)/t9-,13-/m1/s1. The molecular weight excluding hydrogens is 299 g/mol. The van der Waals surface area contributed by atoms with Gasteiger partial charge in [0.25, 0.3) is 0 Å². The molecule has 0 aromatic carbocycles. The number of nitrogens with one attached hydrogen (secondary N) is 1. The van der Waals surface area contributed by atoms with Crippen molar-refractivity contribution in [3.8, 4) is 0 Å². The van der Waals surface area contributed by atoms with Crippen molar-refractivity contribution in [2.45, 2.75) is 49.4 Å². The molecule has 4 nitrogen and oxygen atoms in total. The second-order valence-electron chi connectivity index (χ2n) is 6.59. The molecule has 2 aliphatic carbocycles. The molecule has 0 bridgehead atoms. The summed E-state index contributed by atoms with van der Waals surface area (Å²) in [5.74, 6) is -0.00363. The van der Waals surface area contributed by atoms with E-state index in [4.69, 9.17) is 23.2 Å². The summed E-state index contributed by atoms with van der Waals surface area (Å²) in [5, 5.41) is 3.02. The van der Waals surface area contributed by atoms with Gasteiger partial charge in [-0.05, 0) is 39.0 Å². The lowest BCUT2D eigenvalue weighted by Gasteiger charge is -2.34. The van der Waals surface area contributed by atoms with E-state index in [1.165, 1.54) is 0 Å². The van der Waals surface area contributed by atoms with Gasteiger partial charge < -0.3 is 10.2 Å². The number of piperidine rings is 1. The Bertz CT molecular complexity index is 450.